The largest absolute Gasteiger partial charge is 0.320 e. The lowest BCUT2D eigenvalue weighted by Gasteiger charge is -2.26. The van der Waals surface area contributed by atoms with Crippen molar-refractivity contribution in [3.63, 3.8) is 0 Å². The molecule has 114 valence electrons. The van der Waals surface area contributed by atoms with Crippen molar-refractivity contribution < 1.29 is 12.8 Å². The van der Waals surface area contributed by atoms with E-state index in [0.29, 0.717) is 5.92 Å². The lowest BCUT2D eigenvalue weighted by atomic mass is 10.0. The highest BCUT2D eigenvalue weighted by Gasteiger charge is 2.40. The minimum Gasteiger partial charge on any atom is -0.320 e. The molecule has 0 aromatic heterocycles. The molecule has 1 aliphatic carbocycles. The van der Waals surface area contributed by atoms with Gasteiger partial charge in [-0.2, -0.15) is 0 Å². The minimum atomic E-state index is -3.76. The van der Waals surface area contributed by atoms with E-state index in [9.17, 15) is 12.8 Å². The van der Waals surface area contributed by atoms with Crippen LogP contribution in [0.4, 0.5) is 4.39 Å². The molecule has 2 rings (SSSR count). The molecule has 0 aliphatic heterocycles. The Morgan fingerprint density at radius 1 is 1.43 bits per heavy atom. The number of nitrogens with one attached hydrogen (secondary N) is 1. The van der Waals surface area contributed by atoms with E-state index in [1.165, 1.54) is 6.07 Å². The average molecular weight is 310 g/mol. The van der Waals surface area contributed by atoms with E-state index in [1.807, 2.05) is 13.8 Å². The molecule has 4 nitrogen and oxygen atoms in total. The molecule has 6 heteroatoms. The van der Waals surface area contributed by atoms with Gasteiger partial charge in [0.2, 0.25) is 10.0 Å². The molecule has 21 heavy (non-hydrogen) atoms. The number of benzene rings is 1. The summed E-state index contributed by atoms with van der Waals surface area (Å²) in [6.07, 6.45) is 2.03. The summed E-state index contributed by atoms with van der Waals surface area (Å²) in [4.78, 5) is -0.0152. The third-order valence-corrected chi connectivity index (χ3v) is 5.28. The van der Waals surface area contributed by atoms with Crippen LogP contribution < -0.4 is 10.5 Å². The zero-order valence-corrected chi connectivity index (χ0v) is 12.9. The van der Waals surface area contributed by atoms with Crippen LogP contribution >= 0.6 is 0 Å². The van der Waals surface area contributed by atoms with Crippen molar-refractivity contribution in [2.24, 2.45) is 11.7 Å². The van der Waals surface area contributed by atoms with Gasteiger partial charge in [-0.05, 0) is 50.8 Å². The first-order chi connectivity index (χ1) is 9.76. The SMILES string of the molecule is CC(C)(NS(=O)(=O)c1ccc(F)cc1C#CCN)C1CC1. The van der Waals surface area contributed by atoms with Gasteiger partial charge in [-0.1, -0.05) is 11.8 Å². The number of halogens is 1. The number of hydrogen-bond donors (Lipinski definition) is 2. The molecule has 1 saturated carbocycles. The maximum Gasteiger partial charge on any atom is 0.242 e. The van der Waals surface area contributed by atoms with Gasteiger partial charge >= 0.3 is 0 Å². The molecule has 1 aliphatic rings. The molecule has 1 fully saturated rings. The first-order valence-corrected chi connectivity index (χ1v) is 8.27. The summed E-state index contributed by atoms with van der Waals surface area (Å²) in [7, 11) is -3.76. The predicted octanol–water partition coefficient (Wildman–Crippen LogP) is 1.60. The van der Waals surface area contributed by atoms with Crippen molar-refractivity contribution in [3.8, 4) is 11.8 Å². The van der Waals surface area contributed by atoms with Gasteiger partial charge in [0.1, 0.15) is 5.82 Å². The van der Waals surface area contributed by atoms with Gasteiger partial charge < -0.3 is 5.73 Å². The Morgan fingerprint density at radius 2 is 2.10 bits per heavy atom. The van der Waals surface area contributed by atoms with E-state index in [2.05, 4.69) is 16.6 Å². The number of hydrogen-bond acceptors (Lipinski definition) is 3. The highest BCUT2D eigenvalue weighted by Crippen LogP contribution is 2.40. The second-order valence-electron chi connectivity index (χ2n) is 5.75. The summed E-state index contributed by atoms with van der Waals surface area (Å²) >= 11 is 0. The highest BCUT2D eigenvalue weighted by atomic mass is 32.2. The lowest BCUT2D eigenvalue weighted by Crippen LogP contribution is -2.45. The number of sulfonamides is 1. The van der Waals surface area contributed by atoms with Crippen LogP contribution in [0.5, 0.6) is 0 Å². The molecule has 0 saturated heterocycles. The Bertz CT molecular complexity index is 698. The third-order valence-electron chi connectivity index (χ3n) is 3.55. The Morgan fingerprint density at radius 3 is 2.67 bits per heavy atom. The highest BCUT2D eigenvalue weighted by molar-refractivity contribution is 7.89. The molecule has 0 unspecified atom stereocenters. The van der Waals surface area contributed by atoms with Crippen molar-refractivity contribution in [3.05, 3.63) is 29.6 Å². The second-order valence-corrected chi connectivity index (χ2v) is 7.40. The molecular formula is C15H19FN2O2S. The minimum absolute atomic E-state index is 0.0152. The van der Waals surface area contributed by atoms with Crippen molar-refractivity contribution in [2.45, 2.75) is 37.1 Å². The molecule has 0 heterocycles. The van der Waals surface area contributed by atoms with E-state index < -0.39 is 21.4 Å². The van der Waals surface area contributed by atoms with Gasteiger partial charge in [0, 0.05) is 11.1 Å². The van der Waals surface area contributed by atoms with Gasteiger partial charge in [0.25, 0.3) is 0 Å². The van der Waals surface area contributed by atoms with Crippen molar-refractivity contribution in [1.29, 1.82) is 0 Å². The van der Waals surface area contributed by atoms with Crippen molar-refractivity contribution in [2.75, 3.05) is 6.54 Å². The van der Waals surface area contributed by atoms with Crippen LogP contribution in [-0.2, 0) is 10.0 Å². The number of rotatable bonds is 4. The van der Waals surface area contributed by atoms with Gasteiger partial charge in [0.05, 0.1) is 11.4 Å². The summed E-state index contributed by atoms with van der Waals surface area (Å²) in [5.41, 5.74) is 4.89. The van der Waals surface area contributed by atoms with Crippen LogP contribution in [0.3, 0.4) is 0 Å². The molecule has 0 spiro atoms. The fraction of sp³-hybridized carbons (Fsp3) is 0.467. The Labute approximate surface area is 125 Å². The first-order valence-electron chi connectivity index (χ1n) is 6.79. The number of nitrogens with two attached hydrogens (primary N) is 1. The molecule has 0 radical (unpaired) electrons. The zero-order chi connectivity index (χ0) is 15.7. The Hall–Kier alpha value is -1.42. The molecule has 1 aromatic rings. The second kappa shape index (κ2) is 5.76. The van der Waals surface area contributed by atoms with Gasteiger partial charge in [-0.3, -0.25) is 0 Å². The van der Waals surface area contributed by atoms with E-state index in [-0.39, 0.29) is 17.0 Å². The van der Waals surface area contributed by atoms with Crippen LogP contribution in [0, 0.1) is 23.6 Å². The van der Waals surface area contributed by atoms with Gasteiger partial charge in [-0.15, -0.1) is 0 Å². The average Bonchev–Trinajstić information content (AvgIpc) is 3.19. The smallest absolute Gasteiger partial charge is 0.242 e. The van der Waals surface area contributed by atoms with Crippen molar-refractivity contribution in [1.82, 2.24) is 4.72 Å². The van der Waals surface area contributed by atoms with E-state index in [1.54, 1.807) is 0 Å². The zero-order valence-electron chi connectivity index (χ0n) is 12.1. The third kappa shape index (κ3) is 3.82. The van der Waals surface area contributed by atoms with Crippen LogP contribution in [0.15, 0.2) is 23.1 Å². The van der Waals surface area contributed by atoms with Crippen LogP contribution in [0.2, 0.25) is 0 Å². The van der Waals surface area contributed by atoms with E-state index in [4.69, 9.17) is 5.73 Å². The first kappa shape index (κ1) is 16.0. The van der Waals surface area contributed by atoms with Gasteiger partial charge in [0.15, 0.2) is 0 Å². The van der Waals surface area contributed by atoms with E-state index in [0.717, 1.165) is 25.0 Å². The predicted molar refractivity (Wildman–Crippen MR) is 79.5 cm³/mol. The van der Waals surface area contributed by atoms with Crippen LogP contribution in [-0.4, -0.2) is 20.5 Å². The fourth-order valence-electron chi connectivity index (χ4n) is 2.27. The summed E-state index contributed by atoms with van der Waals surface area (Å²) < 4.78 is 41.1. The molecule has 1 aromatic carbocycles. The molecule has 0 bridgehead atoms. The van der Waals surface area contributed by atoms with Crippen molar-refractivity contribution >= 4 is 10.0 Å². The summed E-state index contributed by atoms with van der Waals surface area (Å²) in [5, 5.41) is 0. The molecular weight excluding hydrogens is 291 g/mol. The summed E-state index contributed by atoms with van der Waals surface area (Å²) in [5.74, 6) is 4.99. The van der Waals surface area contributed by atoms with Crippen LogP contribution in [0.25, 0.3) is 0 Å². The fourth-order valence-corrected chi connectivity index (χ4v) is 3.89. The maximum absolute atomic E-state index is 13.3. The molecule has 0 amide bonds. The monoisotopic (exact) mass is 310 g/mol. The topological polar surface area (TPSA) is 72.2 Å². The summed E-state index contributed by atoms with van der Waals surface area (Å²) in [6, 6.07) is 3.47. The van der Waals surface area contributed by atoms with E-state index >= 15 is 0 Å². The normalized spacial score (nSPS) is 15.4. The Balaban J connectivity index is 2.39. The summed E-state index contributed by atoms with van der Waals surface area (Å²) in [6.45, 7) is 3.80. The lowest BCUT2D eigenvalue weighted by molar-refractivity contribution is 0.400. The maximum atomic E-state index is 13.3. The molecule has 0 atom stereocenters. The quantitative estimate of drug-likeness (QED) is 0.830. The van der Waals surface area contributed by atoms with Crippen LogP contribution in [0.1, 0.15) is 32.3 Å². The molecule has 3 N–H and O–H groups in total. The standard InChI is InChI=1S/C15H19FN2O2S/c1-15(2,12-5-6-12)18-21(19,20)14-8-7-13(16)10-11(14)4-3-9-17/h7-8,10,12,18H,5-6,9,17H2,1-2H3. The Kier molecular flexibility index (Phi) is 4.38. The van der Waals surface area contributed by atoms with Gasteiger partial charge in [-0.25, -0.2) is 17.5 Å².